The summed E-state index contributed by atoms with van der Waals surface area (Å²) in [6.45, 7) is 4.88. The number of nitrogens with zero attached hydrogens (tertiary/aromatic N) is 2. The predicted octanol–water partition coefficient (Wildman–Crippen LogP) is 2.02. The third-order valence-electron chi connectivity index (χ3n) is 6.70. The molecule has 190 valence electrons. The topological polar surface area (TPSA) is 102 Å². The number of esters is 1. The number of hydrogen-bond donors (Lipinski definition) is 2. The number of amides is 2. The van der Waals surface area contributed by atoms with Crippen LogP contribution >= 0.6 is 0 Å². The molecular weight excluding hydrogens is 464 g/mol. The van der Waals surface area contributed by atoms with Crippen LogP contribution in [0.25, 0.3) is 0 Å². The van der Waals surface area contributed by atoms with Crippen LogP contribution in [-0.4, -0.2) is 75.5 Å². The second-order valence-electron chi connectivity index (χ2n) is 8.93. The minimum Gasteiger partial charge on any atom is -0.497 e. The predicted molar refractivity (Wildman–Crippen MR) is 131 cm³/mol. The molecule has 0 saturated carbocycles. The number of benzene rings is 2. The molecule has 0 spiro atoms. The number of ether oxygens (including phenoxy) is 4. The molecule has 2 amide bonds. The number of hydrogen-bond acceptors (Lipinski definition) is 8. The smallest absolute Gasteiger partial charge is 0.338 e. The Labute approximate surface area is 209 Å². The van der Waals surface area contributed by atoms with Crippen molar-refractivity contribution in [1.82, 2.24) is 20.4 Å². The van der Waals surface area contributed by atoms with Crippen LogP contribution in [0.2, 0.25) is 0 Å². The Kier molecular flexibility index (Phi) is 6.97. The van der Waals surface area contributed by atoms with Gasteiger partial charge in [-0.2, -0.15) is 0 Å². The molecule has 0 unspecified atom stereocenters. The lowest BCUT2D eigenvalue weighted by Gasteiger charge is -2.37. The summed E-state index contributed by atoms with van der Waals surface area (Å²) in [5, 5.41) is 5.71. The first-order valence-electron chi connectivity index (χ1n) is 11.9. The lowest BCUT2D eigenvalue weighted by Crippen LogP contribution is -2.51. The maximum atomic E-state index is 12.8. The van der Waals surface area contributed by atoms with Crippen molar-refractivity contribution in [3.8, 4) is 17.2 Å². The van der Waals surface area contributed by atoms with Gasteiger partial charge in [0.2, 0.25) is 6.79 Å². The number of urea groups is 1. The molecule has 10 nitrogen and oxygen atoms in total. The van der Waals surface area contributed by atoms with E-state index >= 15 is 0 Å². The Bertz CT molecular complexity index is 1160. The van der Waals surface area contributed by atoms with Crippen LogP contribution in [0.1, 0.15) is 17.2 Å². The van der Waals surface area contributed by atoms with E-state index in [2.05, 4.69) is 26.5 Å². The minimum absolute atomic E-state index is 0.270. The molecule has 1 saturated heterocycles. The van der Waals surface area contributed by atoms with Crippen molar-refractivity contribution in [2.24, 2.45) is 0 Å². The molecular formula is C26H30N4O6. The summed E-state index contributed by atoms with van der Waals surface area (Å²) in [5.41, 5.74) is 2.93. The molecule has 0 bridgehead atoms. The van der Waals surface area contributed by atoms with Gasteiger partial charge in [-0.05, 0) is 35.4 Å². The third-order valence-corrected chi connectivity index (χ3v) is 6.70. The van der Waals surface area contributed by atoms with Gasteiger partial charge in [0.05, 0.1) is 25.8 Å². The third kappa shape index (κ3) is 5.09. The van der Waals surface area contributed by atoms with E-state index in [-0.39, 0.29) is 12.8 Å². The maximum Gasteiger partial charge on any atom is 0.338 e. The molecule has 0 aromatic heterocycles. The zero-order chi connectivity index (χ0) is 25.1. The first kappa shape index (κ1) is 24.0. The van der Waals surface area contributed by atoms with Gasteiger partial charge in [-0.3, -0.25) is 9.80 Å². The van der Waals surface area contributed by atoms with E-state index in [1.54, 1.807) is 19.2 Å². The van der Waals surface area contributed by atoms with Gasteiger partial charge in [0.1, 0.15) is 5.75 Å². The number of carbonyl (C=O) groups is 2. The zero-order valence-electron chi connectivity index (χ0n) is 20.4. The molecule has 3 aliphatic rings. The van der Waals surface area contributed by atoms with E-state index < -0.39 is 12.0 Å². The molecule has 10 heteroatoms. The van der Waals surface area contributed by atoms with Crippen LogP contribution in [0.3, 0.4) is 0 Å². The van der Waals surface area contributed by atoms with Crippen molar-refractivity contribution < 1.29 is 28.5 Å². The quantitative estimate of drug-likeness (QED) is 0.564. The van der Waals surface area contributed by atoms with Crippen LogP contribution < -0.4 is 24.8 Å². The lowest BCUT2D eigenvalue weighted by atomic mass is 9.95. The molecule has 5 rings (SSSR count). The lowest BCUT2D eigenvalue weighted by molar-refractivity contribution is -0.136. The van der Waals surface area contributed by atoms with Crippen molar-refractivity contribution in [3.63, 3.8) is 0 Å². The molecule has 1 atom stereocenters. The Balaban J connectivity index is 1.27. The van der Waals surface area contributed by atoms with Crippen molar-refractivity contribution in [1.29, 1.82) is 0 Å². The fourth-order valence-corrected chi connectivity index (χ4v) is 4.77. The van der Waals surface area contributed by atoms with E-state index in [0.717, 1.165) is 49.8 Å². The van der Waals surface area contributed by atoms with Gasteiger partial charge in [0.25, 0.3) is 0 Å². The summed E-state index contributed by atoms with van der Waals surface area (Å²) in [4.78, 5) is 30.0. The number of rotatable bonds is 7. The second kappa shape index (κ2) is 10.5. The van der Waals surface area contributed by atoms with Crippen LogP contribution in [0.5, 0.6) is 17.2 Å². The molecule has 3 heterocycles. The highest BCUT2D eigenvalue weighted by atomic mass is 16.7. The highest BCUT2D eigenvalue weighted by molar-refractivity contribution is 5.95. The van der Waals surface area contributed by atoms with E-state index in [0.29, 0.717) is 23.6 Å². The van der Waals surface area contributed by atoms with E-state index in [1.807, 2.05) is 24.3 Å². The number of fused-ring (bicyclic) bond motifs is 1. The Morgan fingerprint density at radius 1 is 0.972 bits per heavy atom. The molecule has 2 N–H and O–H groups in total. The fraction of sp³-hybridized carbons (Fsp3) is 0.385. The summed E-state index contributed by atoms with van der Waals surface area (Å²) in [7, 11) is 2.94. The first-order chi connectivity index (χ1) is 17.5. The standard InChI is InChI=1S/C26H30N4O6/c1-33-19-6-4-18(5-7-19)24-23(25(31)34-2)20(27-26(32)28-24)15-30-11-9-29(10-12-30)14-17-3-8-21-22(13-17)36-16-35-21/h3-8,13,24H,9-12,14-16H2,1-2H3,(H2,27,28,32)/t24-/m1/s1. The van der Waals surface area contributed by atoms with Crippen LogP contribution in [0.15, 0.2) is 53.7 Å². The van der Waals surface area contributed by atoms with E-state index in [9.17, 15) is 9.59 Å². The van der Waals surface area contributed by atoms with Crippen molar-refractivity contribution >= 4 is 12.0 Å². The van der Waals surface area contributed by atoms with E-state index in [4.69, 9.17) is 18.9 Å². The number of carbonyl (C=O) groups excluding carboxylic acids is 2. The van der Waals surface area contributed by atoms with Gasteiger partial charge in [0, 0.05) is 45.0 Å². The average Bonchev–Trinajstić information content (AvgIpc) is 3.37. The van der Waals surface area contributed by atoms with Crippen molar-refractivity contribution in [2.75, 3.05) is 53.7 Å². The summed E-state index contributed by atoms with van der Waals surface area (Å²) in [6.07, 6.45) is 0. The summed E-state index contributed by atoms with van der Waals surface area (Å²) >= 11 is 0. The van der Waals surface area contributed by atoms with Crippen molar-refractivity contribution in [2.45, 2.75) is 12.6 Å². The van der Waals surface area contributed by atoms with Gasteiger partial charge < -0.3 is 29.6 Å². The molecule has 36 heavy (non-hydrogen) atoms. The first-order valence-corrected chi connectivity index (χ1v) is 11.9. The normalized spacial score (nSPS) is 20.1. The molecule has 0 aliphatic carbocycles. The Morgan fingerprint density at radius 2 is 1.67 bits per heavy atom. The van der Waals surface area contributed by atoms with Gasteiger partial charge in [-0.15, -0.1) is 0 Å². The molecule has 1 fully saturated rings. The van der Waals surface area contributed by atoms with Crippen LogP contribution in [0.4, 0.5) is 4.79 Å². The van der Waals surface area contributed by atoms with Gasteiger partial charge in [0.15, 0.2) is 11.5 Å². The average molecular weight is 495 g/mol. The molecule has 3 aliphatic heterocycles. The SMILES string of the molecule is COC(=O)C1=C(CN2CCN(Cc3ccc4c(c3)OCO4)CC2)NC(=O)N[C@@H]1c1ccc(OC)cc1. The molecule has 2 aromatic carbocycles. The van der Waals surface area contributed by atoms with Gasteiger partial charge in [-0.25, -0.2) is 9.59 Å². The molecule has 0 radical (unpaired) electrons. The van der Waals surface area contributed by atoms with E-state index in [1.165, 1.54) is 12.7 Å². The minimum atomic E-state index is -0.612. The maximum absolute atomic E-state index is 12.8. The van der Waals surface area contributed by atoms with Crippen molar-refractivity contribution in [3.05, 3.63) is 64.9 Å². The molecule has 2 aromatic rings. The zero-order valence-corrected chi connectivity index (χ0v) is 20.4. The highest BCUT2D eigenvalue weighted by Gasteiger charge is 2.34. The summed E-state index contributed by atoms with van der Waals surface area (Å²) in [5.74, 6) is 1.80. The monoisotopic (exact) mass is 494 g/mol. The van der Waals surface area contributed by atoms with Crippen LogP contribution in [0, 0.1) is 0 Å². The number of methoxy groups -OCH3 is 2. The Hall–Kier alpha value is -3.76. The van der Waals surface area contributed by atoms with Gasteiger partial charge in [-0.1, -0.05) is 18.2 Å². The number of nitrogens with one attached hydrogen (secondary N) is 2. The number of piperazine rings is 1. The summed E-state index contributed by atoms with van der Waals surface area (Å²) < 4.78 is 21.2. The van der Waals surface area contributed by atoms with Gasteiger partial charge >= 0.3 is 12.0 Å². The highest BCUT2D eigenvalue weighted by Crippen LogP contribution is 2.33. The second-order valence-corrected chi connectivity index (χ2v) is 8.93. The largest absolute Gasteiger partial charge is 0.497 e. The fourth-order valence-electron chi connectivity index (χ4n) is 4.77. The van der Waals surface area contributed by atoms with Crippen LogP contribution in [-0.2, 0) is 16.1 Å². The Morgan fingerprint density at radius 3 is 2.36 bits per heavy atom. The summed E-state index contributed by atoms with van der Waals surface area (Å²) in [6, 6.07) is 12.4.